The van der Waals surface area contributed by atoms with E-state index in [4.69, 9.17) is 15.5 Å². The third-order valence-corrected chi connectivity index (χ3v) is 8.78. The van der Waals surface area contributed by atoms with E-state index in [0.717, 1.165) is 71.7 Å². The maximum atomic E-state index is 12.0. The van der Waals surface area contributed by atoms with Gasteiger partial charge in [0, 0.05) is 30.2 Å². The van der Waals surface area contributed by atoms with Crippen LogP contribution in [0.15, 0.2) is 72.8 Å². The van der Waals surface area contributed by atoms with E-state index in [-0.39, 0.29) is 12.4 Å². The Bertz CT molecular complexity index is 1470. The highest BCUT2D eigenvalue weighted by Gasteiger charge is 2.30. The van der Waals surface area contributed by atoms with Gasteiger partial charge < -0.3 is 14.2 Å². The van der Waals surface area contributed by atoms with Gasteiger partial charge in [-0.3, -0.25) is 4.90 Å². The molecule has 0 aliphatic carbocycles. The fourth-order valence-corrected chi connectivity index (χ4v) is 6.37. The lowest BCUT2D eigenvalue weighted by molar-refractivity contribution is -0.105. The number of benzene rings is 3. The summed E-state index contributed by atoms with van der Waals surface area (Å²) in [6.07, 6.45) is 10.9. The predicted molar refractivity (Wildman–Crippen MR) is 167 cm³/mol. The van der Waals surface area contributed by atoms with Crippen molar-refractivity contribution in [1.29, 1.82) is 1.28 Å². The van der Waals surface area contributed by atoms with E-state index in [1.807, 2.05) is 24.3 Å². The second-order valence-corrected chi connectivity index (χ2v) is 11.9. The molecule has 3 unspecified atom stereocenters. The van der Waals surface area contributed by atoms with Crippen LogP contribution in [0.5, 0.6) is 11.5 Å². The van der Waals surface area contributed by atoms with E-state index in [0.29, 0.717) is 5.30 Å². The number of ether oxygens (including phenoxy) is 3. The zero-order valence-electron chi connectivity index (χ0n) is 24.8. The Morgan fingerprint density at radius 3 is 2.66 bits per heavy atom. The molecule has 0 N–H and O–H groups in total. The minimum atomic E-state index is -2.20. The molecule has 3 atom stereocenters. The van der Waals surface area contributed by atoms with Crippen molar-refractivity contribution in [3.05, 3.63) is 95.1 Å². The predicted octanol–water partition coefficient (Wildman–Crippen LogP) is 7.80. The van der Waals surface area contributed by atoms with Gasteiger partial charge in [0.2, 0.25) is 0 Å². The first-order chi connectivity index (χ1) is 20.5. The summed E-state index contributed by atoms with van der Waals surface area (Å²) in [6, 6.07) is 22.1. The van der Waals surface area contributed by atoms with Crippen molar-refractivity contribution in [2.45, 2.75) is 57.8 Å². The van der Waals surface area contributed by atoms with Crippen LogP contribution < -0.4 is 14.8 Å². The largest absolute Gasteiger partial charge is 0.480 e. The molecule has 3 aromatic carbocycles. The van der Waals surface area contributed by atoms with Gasteiger partial charge in [-0.05, 0) is 92.2 Å². The maximum Gasteiger partial charge on any atom is 0.394 e. The molecule has 2 fully saturated rings. The summed E-state index contributed by atoms with van der Waals surface area (Å²) in [5.41, 5.74) is 6.16. The van der Waals surface area contributed by atoms with Gasteiger partial charge in [-0.15, -0.1) is 0 Å². The zero-order chi connectivity index (χ0) is 28.9. The molecule has 0 radical (unpaired) electrons. The van der Waals surface area contributed by atoms with Gasteiger partial charge in [0.1, 0.15) is 17.6 Å². The molecule has 41 heavy (non-hydrogen) atoms. The van der Waals surface area contributed by atoms with E-state index in [2.05, 4.69) is 60.4 Å². The summed E-state index contributed by atoms with van der Waals surface area (Å²) >= 11 is 0. The Balaban J connectivity index is 1.31. The first kappa shape index (κ1) is 26.6. The first-order valence-electron chi connectivity index (χ1n) is 15.4. The molecular formula is C35H39NO4P+. The summed E-state index contributed by atoms with van der Waals surface area (Å²) < 4.78 is 38.5. The van der Waals surface area contributed by atoms with E-state index >= 15 is 0 Å². The standard InChI is InChI=1S/C35H38NO4P/c1-25-31-24-30(41-37)17-18-32(31)40-35(27-15-13-26(14-16-27)9-8-21-36-19-4-2-5-20-36)34(25)28-10-7-11-29(23-28)39-33-12-3-6-22-38-33/h7-11,13-18,23-24,33,35H,2-6,12,19-22H2,1H3/p+1/b9-8-/i/hT. The molecule has 0 amide bonds. The molecule has 3 aromatic rings. The Kier molecular flexibility index (Phi) is 8.55. The zero-order valence-corrected chi connectivity index (χ0v) is 24.7. The Hall–Kier alpha value is -3.24. The van der Waals surface area contributed by atoms with Crippen molar-refractivity contribution < 1.29 is 18.8 Å². The van der Waals surface area contributed by atoms with Crippen LogP contribution in [0.2, 0.25) is 0 Å². The lowest BCUT2D eigenvalue weighted by atomic mass is 9.86. The highest BCUT2D eigenvalue weighted by Crippen LogP contribution is 2.47. The van der Waals surface area contributed by atoms with Gasteiger partial charge in [0.25, 0.3) is 0 Å². The van der Waals surface area contributed by atoms with Crippen molar-refractivity contribution >= 4 is 30.9 Å². The second kappa shape index (κ2) is 13.2. The maximum absolute atomic E-state index is 12.0. The van der Waals surface area contributed by atoms with Crippen molar-refractivity contribution in [1.82, 2.24) is 4.90 Å². The third kappa shape index (κ3) is 6.64. The lowest BCUT2D eigenvalue weighted by Crippen LogP contribution is -2.29. The number of likely N-dealkylation sites (tertiary alicyclic amines) is 1. The molecule has 0 bridgehead atoms. The second-order valence-electron chi connectivity index (χ2n) is 11.2. The molecule has 5 nitrogen and oxygen atoms in total. The van der Waals surface area contributed by atoms with Gasteiger partial charge in [0.05, 0.1) is 6.61 Å². The number of piperidine rings is 1. The summed E-state index contributed by atoms with van der Waals surface area (Å²) in [4.78, 5) is 2.52. The molecule has 6 rings (SSSR count). The number of hydrogen-bond acceptors (Lipinski definition) is 5. The SMILES string of the molecule is [3H][P+](=O)c1ccc2c(c1)C(C)=C(c1cccc(OC3CCCCO3)c1)C(c1ccc(/C=C\CN3CCCCC3)cc1)O2. The van der Waals surface area contributed by atoms with Crippen LogP contribution in [0.25, 0.3) is 17.2 Å². The van der Waals surface area contributed by atoms with Crippen LogP contribution in [-0.4, -0.2) is 38.7 Å². The summed E-state index contributed by atoms with van der Waals surface area (Å²) in [5.74, 6) is 1.50. The molecule has 3 heterocycles. The van der Waals surface area contributed by atoms with Gasteiger partial charge in [0.15, 0.2) is 11.6 Å². The molecule has 0 saturated carbocycles. The van der Waals surface area contributed by atoms with E-state index in [9.17, 15) is 4.57 Å². The number of hydrogen-bond donors (Lipinski definition) is 0. The number of fused-ring (bicyclic) bond motifs is 1. The van der Waals surface area contributed by atoms with Crippen LogP contribution in [0, 0.1) is 0 Å². The van der Waals surface area contributed by atoms with Crippen LogP contribution >= 0.6 is 8.41 Å². The van der Waals surface area contributed by atoms with Gasteiger partial charge in [-0.2, -0.15) is 0 Å². The van der Waals surface area contributed by atoms with Crippen molar-refractivity contribution in [3.8, 4) is 11.5 Å². The molecule has 3 aliphatic rings. The number of rotatable bonds is 8. The molecule has 212 valence electrons. The smallest absolute Gasteiger partial charge is 0.394 e. The highest BCUT2D eigenvalue weighted by atomic mass is 31.1. The molecule has 0 spiro atoms. The van der Waals surface area contributed by atoms with E-state index in [1.54, 1.807) is 6.07 Å². The van der Waals surface area contributed by atoms with Gasteiger partial charge in [-0.25, -0.2) is 0 Å². The quantitative estimate of drug-likeness (QED) is 0.259. The fourth-order valence-electron chi connectivity index (χ4n) is 6.06. The minimum absolute atomic E-state index is 0.227. The normalized spacial score (nSPS) is 22.2. The molecular weight excluding hydrogens is 529 g/mol. The monoisotopic (exact) mass is 570 g/mol. The summed E-state index contributed by atoms with van der Waals surface area (Å²) in [6.45, 7) is 6.19. The molecule has 3 aliphatic heterocycles. The molecule has 6 heteroatoms. The highest BCUT2D eigenvalue weighted by molar-refractivity contribution is 7.34. The van der Waals surface area contributed by atoms with Crippen LogP contribution in [-0.2, 0) is 9.30 Å². The molecule has 0 aromatic heterocycles. The Morgan fingerprint density at radius 2 is 1.88 bits per heavy atom. The molecule has 2 saturated heterocycles. The summed E-state index contributed by atoms with van der Waals surface area (Å²) in [5, 5.41) is 0.497. The van der Waals surface area contributed by atoms with Crippen molar-refractivity contribution in [2.24, 2.45) is 0 Å². The topological polar surface area (TPSA) is 48.0 Å². The van der Waals surface area contributed by atoms with Crippen molar-refractivity contribution in [2.75, 3.05) is 26.2 Å². The van der Waals surface area contributed by atoms with E-state index < -0.39 is 8.41 Å². The lowest BCUT2D eigenvalue weighted by Gasteiger charge is -2.31. The van der Waals surface area contributed by atoms with Crippen LogP contribution in [0.1, 0.15) is 73.8 Å². The average Bonchev–Trinajstić information content (AvgIpc) is 3.02. The number of nitrogens with zero attached hydrogens (tertiary/aromatic N) is 1. The van der Waals surface area contributed by atoms with E-state index in [1.165, 1.54) is 37.9 Å². The summed E-state index contributed by atoms with van der Waals surface area (Å²) in [7, 11) is -2.20. The Morgan fingerprint density at radius 1 is 1.02 bits per heavy atom. The third-order valence-electron chi connectivity index (χ3n) is 8.30. The van der Waals surface area contributed by atoms with Gasteiger partial charge >= 0.3 is 9.68 Å². The van der Waals surface area contributed by atoms with Crippen LogP contribution in [0.3, 0.4) is 0 Å². The Labute approximate surface area is 246 Å². The number of allylic oxidation sites excluding steroid dienone is 1. The van der Waals surface area contributed by atoms with Crippen molar-refractivity contribution in [3.63, 3.8) is 0 Å². The first-order valence-corrected chi connectivity index (χ1v) is 15.7. The average molecular weight is 571 g/mol. The minimum Gasteiger partial charge on any atom is -0.480 e. The fraction of sp³-hybridized carbons (Fsp3) is 0.371. The van der Waals surface area contributed by atoms with Crippen LogP contribution in [0.4, 0.5) is 0 Å². The van der Waals surface area contributed by atoms with Gasteiger partial charge in [-0.1, -0.05) is 59.5 Å².